The predicted octanol–water partition coefficient (Wildman–Crippen LogP) is 3.07. The summed E-state index contributed by atoms with van der Waals surface area (Å²) in [7, 11) is 5.70. The van der Waals surface area contributed by atoms with Gasteiger partial charge in [0.25, 0.3) is 0 Å². The SMILES string of the molecule is COc1ccccc1[C@H](CNC(=O)N1CCc2ccccc2C1)N(C)C. The van der Waals surface area contributed by atoms with Gasteiger partial charge in [-0.1, -0.05) is 42.5 Å². The van der Waals surface area contributed by atoms with Crippen LogP contribution in [0.15, 0.2) is 48.5 Å². The first-order valence-corrected chi connectivity index (χ1v) is 8.99. The third-order valence-corrected chi connectivity index (χ3v) is 4.99. The summed E-state index contributed by atoms with van der Waals surface area (Å²) in [6.07, 6.45) is 0.910. The number of methoxy groups -OCH3 is 1. The van der Waals surface area contributed by atoms with E-state index in [1.54, 1.807) is 7.11 Å². The zero-order valence-electron chi connectivity index (χ0n) is 15.7. The Labute approximate surface area is 155 Å². The number of nitrogens with zero attached hydrogens (tertiary/aromatic N) is 2. The molecule has 0 unspecified atom stereocenters. The van der Waals surface area contributed by atoms with E-state index in [2.05, 4.69) is 28.4 Å². The first-order valence-electron chi connectivity index (χ1n) is 8.99. The molecule has 0 fully saturated rings. The summed E-state index contributed by atoms with van der Waals surface area (Å²) in [5, 5.41) is 3.10. The van der Waals surface area contributed by atoms with E-state index < -0.39 is 0 Å². The number of likely N-dealkylation sites (N-methyl/N-ethyl adjacent to an activating group) is 1. The Morgan fingerprint density at radius 2 is 1.85 bits per heavy atom. The largest absolute Gasteiger partial charge is 0.496 e. The lowest BCUT2D eigenvalue weighted by Crippen LogP contribution is -2.45. The Hall–Kier alpha value is -2.53. The highest BCUT2D eigenvalue weighted by atomic mass is 16.5. The molecule has 1 N–H and O–H groups in total. The molecule has 0 aliphatic carbocycles. The quantitative estimate of drug-likeness (QED) is 0.898. The minimum atomic E-state index is -0.0127. The van der Waals surface area contributed by atoms with Gasteiger partial charge in [0, 0.05) is 25.2 Å². The maximum atomic E-state index is 12.7. The van der Waals surface area contributed by atoms with Crippen molar-refractivity contribution in [3.63, 3.8) is 0 Å². The minimum Gasteiger partial charge on any atom is -0.496 e. The number of para-hydroxylation sites is 1. The summed E-state index contributed by atoms with van der Waals surface area (Å²) >= 11 is 0. The normalized spacial score (nSPS) is 14.7. The first-order chi connectivity index (χ1) is 12.6. The lowest BCUT2D eigenvalue weighted by atomic mass is 10.0. The van der Waals surface area contributed by atoms with Crippen LogP contribution in [0.2, 0.25) is 0 Å². The van der Waals surface area contributed by atoms with Crippen LogP contribution >= 0.6 is 0 Å². The molecule has 1 heterocycles. The van der Waals surface area contributed by atoms with E-state index in [9.17, 15) is 4.79 Å². The Morgan fingerprint density at radius 1 is 1.15 bits per heavy atom. The summed E-state index contributed by atoms with van der Waals surface area (Å²) in [4.78, 5) is 16.7. The van der Waals surface area contributed by atoms with E-state index in [-0.39, 0.29) is 12.1 Å². The van der Waals surface area contributed by atoms with E-state index in [1.165, 1.54) is 11.1 Å². The average Bonchev–Trinajstić information content (AvgIpc) is 2.67. The number of fused-ring (bicyclic) bond motifs is 1. The highest BCUT2D eigenvalue weighted by molar-refractivity contribution is 5.74. The monoisotopic (exact) mass is 353 g/mol. The zero-order valence-corrected chi connectivity index (χ0v) is 15.7. The van der Waals surface area contributed by atoms with Crippen molar-refractivity contribution < 1.29 is 9.53 Å². The summed E-state index contributed by atoms with van der Waals surface area (Å²) in [5.74, 6) is 0.840. The van der Waals surface area contributed by atoms with Crippen LogP contribution in [0, 0.1) is 0 Å². The lowest BCUT2D eigenvalue weighted by molar-refractivity contribution is 0.186. The van der Waals surface area contributed by atoms with Crippen molar-refractivity contribution in [3.05, 3.63) is 65.2 Å². The number of nitrogens with one attached hydrogen (secondary N) is 1. The number of carbonyl (C=O) groups excluding carboxylic acids is 1. The highest BCUT2D eigenvalue weighted by Gasteiger charge is 2.23. The van der Waals surface area contributed by atoms with E-state index in [4.69, 9.17) is 4.74 Å². The van der Waals surface area contributed by atoms with Gasteiger partial charge in [0.15, 0.2) is 0 Å². The molecule has 2 aromatic carbocycles. The molecule has 0 radical (unpaired) electrons. The topological polar surface area (TPSA) is 44.8 Å². The summed E-state index contributed by atoms with van der Waals surface area (Å²) < 4.78 is 5.49. The Kier molecular flexibility index (Phi) is 5.78. The van der Waals surface area contributed by atoms with E-state index in [1.807, 2.05) is 49.3 Å². The Bertz CT molecular complexity index is 760. The van der Waals surface area contributed by atoms with E-state index >= 15 is 0 Å². The molecule has 2 amide bonds. The van der Waals surface area contributed by atoms with Crippen molar-refractivity contribution in [1.82, 2.24) is 15.1 Å². The minimum absolute atomic E-state index is 0.0127. The van der Waals surface area contributed by atoms with Crippen LogP contribution in [-0.2, 0) is 13.0 Å². The fraction of sp³-hybridized carbons (Fsp3) is 0.381. The molecule has 1 aliphatic heterocycles. The van der Waals surface area contributed by atoms with Crippen molar-refractivity contribution in [2.24, 2.45) is 0 Å². The second-order valence-corrected chi connectivity index (χ2v) is 6.85. The van der Waals surface area contributed by atoms with Crippen molar-refractivity contribution in [3.8, 4) is 5.75 Å². The smallest absolute Gasteiger partial charge is 0.317 e. The van der Waals surface area contributed by atoms with Gasteiger partial charge in [0.2, 0.25) is 0 Å². The van der Waals surface area contributed by atoms with Gasteiger partial charge in [-0.05, 0) is 37.7 Å². The van der Waals surface area contributed by atoms with Gasteiger partial charge in [-0.3, -0.25) is 0 Å². The van der Waals surface area contributed by atoms with Crippen LogP contribution in [0.25, 0.3) is 0 Å². The van der Waals surface area contributed by atoms with Gasteiger partial charge in [0.1, 0.15) is 5.75 Å². The molecule has 0 saturated carbocycles. The molecule has 0 bridgehead atoms. The van der Waals surface area contributed by atoms with E-state index in [0.717, 1.165) is 24.3 Å². The number of hydrogen-bond donors (Lipinski definition) is 1. The number of benzene rings is 2. The van der Waals surface area contributed by atoms with Gasteiger partial charge >= 0.3 is 6.03 Å². The van der Waals surface area contributed by atoms with Crippen molar-refractivity contribution in [1.29, 1.82) is 0 Å². The maximum absolute atomic E-state index is 12.7. The molecule has 3 rings (SSSR count). The van der Waals surface area contributed by atoms with Crippen molar-refractivity contribution >= 4 is 6.03 Å². The van der Waals surface area contributed by atoms with Crippen molar-refractivity contribution in [2.45, 2.75) is 19.0 Å². The Morgan fingerprint density at radius 3 is 2.58 bits per heavy atom. The molecule has 26 heavy (non-hydrogen) atoms. The van der Waals surface area contributed by atoms with Gasteiger partial charge in [-0.2, -0.15) is 0 Å². The number of ether oxygens (including phenoxy) is 1. The van der Waals surface area contributed by atoms with Crippen LogP contribution in [0.3, 0.4) is 0 Å². The number of rotatable bonds is 5. The van der Waals surface area contributed by atoms with Gasteiger partial charge < -0.3 is 19.9 Å². The van der Waals surface area contributed by atoms with Crippen LogP contribution in [-0.4, -0.2) is 50.1 Å². The number of amides is 2. The van der Waals surface area contributed by atoms with Crippen LogP contribution in [0.4, 0.5) is 4.79 Å². The van der Waals surface area contributed by atoms with Crippen molar-refractivity contribution in [2.75, 3.05) is 34.3 Å². The zero-order chi connectivity index (χ0) is 18.5. The van der Waals surface area contributed by atoms with Crippen LogP contribution in [0.5, 0.6) is 5.75 Å². The number of hydrogen-bond acceptors (Lipinski definition) is 3. The molecule has 0 spiro atoms. The lowest BCUT2D eigenvalue weighted by Gasteiger charge is -2.31. The molecule has 0 aromatic heterocycles. The molecule has 5 nitrogen and oxygen atoms in total. The van der Waals surface area contributed by atoms with Crippen LogP contribution < -0.4 is 10.1 Å². The fourth-order valence-corrected chi connectivity index (χ4v) is 3.48. The molecule has 0 saturated heterocycles. The summed E-state index contributed by atoms with van der Waals surface area (Å²) in [6, 6.07) is 16.3. The number of carbonyl (C=O) groups is 1. The molecule has 138 valence electrons. The van der Waals surface area contributed by atoms with Gasteiger partial charge in [-0.25, -0.2) is 4.79 Å². The molecule has 1 atom stereocenters. The third-order valence-electron chi connectivity index (χ3n) is 4.99. The van der Waals surface area contributed by atoms with Crippen LogP contribution in [0.1, 0.15) is 22.7 Å². The molecule has 5 heteroatoms. The van der Waals surface area contributed by atoms with Gasteiger partial charge in [0.05, 0.1) is 13.2 Å². The fourth-order valence-electron chi connectivity index (χ4n) is 3.48. The summed E-state index contributed by atoms with van der Waals surface area (Å²) in [6.45, 7) is 1.96. The van der Waals surface area contributed by atoms with Gasteiger partial charge in [-0.15, -0.1) is 0 Å². The number of urea groups is 1. The third kappa shape index (κ3) is 3.99. The van der Waals surface area contributed by atoms with E-state index in [0.29, 0.717) is 13.1 Å². The first kappa shape index (κ1) is 18.3. The Balaban J connectivity index is 1.66. The summed E-state index contributed by atoms with van der Waals surface area (Å²) in [5.41, 5.74) is 3.66. The standard InChI is InChI=1S/C21H27N3O2/c1-23(2)19(18-10-6-7-11-20(18)26-3)14-22-21(25)24-13-12-16-8-4-5-9-17(16)15-24/h4-11,19H,12-15H2,1-3H3,(H,22,25)/t19-/m0/s1. The molecule has 1 aliphatic rings. The average molecular weight is 353 g/mol. The molecule has 2 aromatic rings. The molecular weight excluding hydrogens is 326 g/mol. The molecular formula is C21H27N3O2. The second kappa shape index (κ2) is 8.23. The second-order valence-electron chi connectivity index (χ2n) is 6.85. The predicted molar refractivity (Wildman–Crippen MR) is 103 cm³/mol. The maximum Gasteiger partial charge on any atom is 0.317 e. The highest BCUT2D eigenvalue weighted by Crippen LogP contribution is 2.27.